The molecule has 1 aliphatic carbocycles. The molecule has 0 bridgehead atoms. The van der Waals surface area contributed by atoms with Gasteiger partial charge in [-0.2, -0.15) is 13.2 Å². The molecule has 106 valence electrons. The minimum atomic E-state index is -4.23. The summed E-state index contributed by atoms with van der Waals surface area (Å²) in [5.41, 5.74) is 0.394. The van der Waals surface area contributed by atoms with Crippen molar-refractivity contribution >= 4 is 0 Å². The van der Waals surface area contributed by atoms with Crippen LogP contribution in [0.2, 0.25) is 0 Å². The molecule has 0 unspecified atom stereocenters. The molecule has 0 amide bonds. The first-order valence-electron chi connectivity index (χ1n) is 6.36. The van der Waals surface area contributed by atoms with Gasteiger partial charge >= 0.3 is 6.18 Å². The molecule has 2 aromatic rings. The first-order chi connectivity index (χ1) is 9.33. The molecule has 0 radical (unpaired) electrons. The van der Waals surface area contributed by atoms with Crippen molar-refractivity contribution in [3.63, 3.8) is 0 Å². The van der Waals surface area contributed by atoms with Crippen molar-refractivity contribution in [3.8, 4) is 11.3 Å². The summed E-state index contributed by atoms with van der Waals surface area (Å²) in [4.78, 5) is 2.88. The molecule has 1 saturated carbocycles. The Hall–Kier alpha value is -1.78. The van der Waals surface area contributed by atoms with Gasteiger partial charge in [0.15, 0.2) is 0 Å². The number of H-pyrrole nitrogens is 1. The highest BCUT2D eigenvalue weighted by molar-refractivity contribution is 5.62. The van der Waals surface area contributed by atoms with Crippen LogP contribution in [0.15, 0.2) is 30.3 Å². The molecular formula is C15H13F4N. The maximum absolute atomic E-state index is 13.2. The van der Waals surface area contributed by atoms with E-state index < -0.39 is 11.6 Å². The second kappa shape index (κ2) is 4.11. The first-order valence-corrected chi connectivity index (χ1v) is 6.36. The fraction of sp³-hybridized carbons (Fsp3) is 0.333. The van der Waals surface area contributed by atoms with Crippen LogP contribution in [-0.4, -0.2) is 11.2 Å². The van der Waals surface area contributed by atoms with Crippen molar-refractivity contribution in [2.75, 3.05) is 0 Å². The lowest BCUT2D eigenvalue weighted by molar-refractivity contribution is -0.161. The average molecular weight is 283 g/mol. The van der Waals surface area contributed by atoms with Gasteiger partial charge in [-0.3, -0.25) is 0 Å². The molecule has 20 heavy (non-hydrogen) atoms. The Labute approximate surface area is 113 Å². The maximum Gasteiger partial charge on any atom is 0.399 e. The Morgan fingerprint density at radius 3 is 2.20 bits per heavy atom. The van der Waals surface area contributed by atoms with E-state index in [0.717, 1.165) is 0 Å². The average Bonchev–Trinajstić information content (AvgIpc) is 3.09. The van der Waals surface area contributed by atoms with Gasteiger partial charge in [0.25, 0.3) is 0 Å². The third kappa shape index (κ3) is 1.92. The number of aromatic amines is 1. The molecule has 1 aromatic carbocycles. The highest BCUT2D eigenvalue weighted by atomic mass is 19.4. The van der Waals surface area contributed by atoms with Gasteiger partial charge in [0.05, 0.1) is 0 Å². The molecular weight excluding hydrogens is 270 g/mol. The van der Waals surface area contributed by atoms with Gasteiger partial charge in [-0.15, -0.1) is 0 Å². The van der Waals surface area contributed by atoms with Gasteiger partial charge in [-0.1, -0.05) is 0 Å². The minimum absolute atomic E-state index is 0.126. The van der Waals surface area contributed by atoms with Crippen molar-refractivity contribution in [2.24, 2.45) is 0 Å². The van der Waals surface area contributed by atoms with Crippen LogP contribution in [-0.2, 0) is 5.41 Å². The first kappa shape index (κ1) is 13.2. The molecule has 1 aliphatic rings. The number of alkyl halides is 3. The summed E-state index contributed by atoms with van der Waals surface area (Å²) in [5, 5.41) is 0. The Bertz CT molecular complexity index is 633. The normalized spacial score (nSPS) is 17.2. The van der Waals surface area contributed by atoms with E-state index in [1.54, 1.807) is 25.1 Å². The van der Waals surface area contributed by atoms with Crippen LogP contribution in [0.5, 0.6) is 0 Å². The number of rotatable bonds is 2. The van der Waals surface area contributed by atoms with Crippen molar-refractivity contribution in [3.05, 3.63) is 47.4 Å². The van der Waals surface area contributed by atoms with Crippen molar-refractivity contribution in [2.45, 2.75) is 31.4 Å². The Morgan fingerprint density at radius 2 is 1.70 bits per heavy atom. The zero-order valence-electron chi connectivity index (χ0n) is 10.8. The highest BCUT2D eigenvalue weighted by Gasteiger charge is 2.65. The molecule has 0 spiro atoms. The van der Waals surface area contributed by atoms with Crippen LogP contribution in [0, 0.1) is 12.7 Å². The van der Waals surface area contributed by atoms with E-state index in [1.807, 2.05) is 0 Å². The van der Waals surface area contributed by atoms with Crippen LogP contribution in [0.4, 0.5) is 17.6 Å². The van der Waals surface area contributed by atoms with Crippen LogP contribution in [0.3, 0.4) is 0 Å². The van der Waals surface area contributed by atoms with Gasteiger partial charge in [0, 0.05) is 11.4 Å². The summed E-state index contributed by atoms with van der Waals surface area (Å²) < 4.78 is 52.4. The number of hydrogen-bond acceptors (Lipinski definition) is 0. The van der Waals surface area contributed by atoms with Crippen LogP contribution in [0.1, 0.15) is 24.1 Å². The molecule has 0 saturated heterocycles. The van der Waals surface area contributed by atoms with Crippen LogP contribution in [0.25, 0.3) is 11.3 Å². The van der Waals surface area contributed by atoms with Gasteiger partial charge in [0.1, 0.15) is 11.2 Å². The molecule has 1 nitrogen and oxygen atoms in total. The summed E-state index contributed by atoms with van der Waals surface area (Å²) in [5.74, 6) is -0.369. The van der Waals surface area contributed by atoms with E-state index in [2.05, 4.69) is 4.98 Å². The lowest BCUT2D eigenvalue weighted by Gasteiger charge is -2.19. The monoisotopic (exact) mass is 283 g/mol. The Kier molecular flexibility index (Phi) is 2.71. The molecule has 1 heterocycles. The summed E-state index contributed by atoms with van der Waals surface area (Å²) in [6.07, 6.45) is -3.98. The lowest BCUT2D eigenvalue weighted by Crippen LogP contribution is -2.29. The third-order valence-corrected chi connectivity index (χ3v) is 3.94. The van der Waals surface area contributed by atoms with Crippen molar-refractivity contribution < 1.29 is 17.6 Å². The zero-order valence-corrected chi connectivity index (χ0v) is 10.8. The van der Waals surface area contributed by atoms with E-state index in [-0.39, 0.29) is 24.4 Å². The number of hydrogen-bond donors (Lipinski definition) is 1. The number of aryl methyl sites for hydroxylation is 1. The standard InChI is InChI=1S/C15H13F4N/c1-9-8-12(10-2-4-11(16)5-3-10)20-13(9)14(6-7-14)15(17,18)19/h2-5,8,20H,6-7H2,1H3. The fourth-order valence-corrected chi connectivity index (χ4v) is 2.64. The predicted molar refractivity (Wildman–Crippen MR) is 67.9 cm³/mol. The summed E-state index contributed by atoms with van der Waals surface area (Å²) >= 11 is 0. The fourth-order valence-electron chi connectivity index (χ4n) is 2.64. The smallest absolute Gasteiger partial charge is 0.357 e. The number of halogens is 4. The molecule has 0 atom stereocenters. The van der Waals surface area contributed by atoms with Crippen molar-refractivity contribution in [1.29, 1.82) is 0 Å². The SMILES string of the molecule is Cc1cc(-c2ccc(F)cc2)[nH]c1C1(C(F)(F)F)CC1. The minimum Gasteiger partial charge on any atom is -0.357 e. The second-order valence-corrected chi connectivity index (χ2v) is 5.33. The third-order valence-electron chi connectivity index (χ3n) is 3.94. The summed E-state index contributed by atoms with van der Waals surface area (Å²) in [6, 6.07) is 7.38. The van der Waals surface area contributed by atoms with Gasteiger partial charge in [-0.05, 0) is 61.2 Å². The number of benzene rings is 1. The number of aromatic nitrogens is 1. The molecule has 3 rings (SSSR count). The van der Waals surface area contributed by atoms with E-state index in [1.165, 1.54) is 12.1 Å². The quantitative estimate of drug-likeness (QED) is 0.767. The second-order valence-electron chi connectivity index (χ2n) is 5.33. The van der Waals surface area contributed by atoms with E-state index in [4.69, 9.17) is 0 Å². The summed E-state index contributed by atoms with van der Waals surface area (Å²) in [6.45, 7) is 1.67. The maximum atomic E-state index is 13.2. The van der Waals surface area contributed by atoms with Gasteiger partial charge in [-0.25, -0.2) is 4.39 Å². The molecule has 0 aliphatic heterocycles. The largest absolute Gasteiger partial charge is 0.399 e. The van der Waals surface area contributed by atoms with E-state index >= 15 is 0 Å². The van der Waals surface area contributed by atoms with Gasteiger partial charge < -0.3 is 4.98 Å². The zero-order chi connectivity index (χ0) is 14.5. The molecule has 5 heteroatoms. The Morgan fingerprint density at radius 1 is 1.10 bits per heavy atom. The van der Waals surface area contributed by atoms with E-state index in [9.17, 15) is 17.6 Å². The topological polar surface area (TPSA) is 15.8 Å². The van der Waals surface area contributed by atoms with Crippen LogP contribution < -0.4 is 0 Å². The van der Waals surface area contributed by atoms with Gasteiger partial charge in [0.2, 0.25) is 0 Å². The highest BCUT2D eigenvalue weighted by Crippen LogP contribution is 2.59. The molecule has 1 fully saturated rings. The summed E-state index contributed by atoms with van der Waals surface area (Å²) in [7, 11) is 0. The van der Waals surface area contributed by atoms with E-state index in [0.29, 0.717) is 16.8 Å². The number of nitrogens with one attached hydrogen (secondary N) is 1. The predicted octanol–water partition coefficient (Wildman–Crippen LogP) is 4.72. The molecule has 1 N–H and O–H groups in total. The lowest BCUT2D eigenvalue weighted by atomic mass is 9.99. The van der Waals surface area contributed by atoms with Crippen LogP contribution >= 0.6 is 0 Å². The molecule has 1 aromatic heterocycles. The Balaban J connectivity index is 2.02. The van der Waals surface area contributed by atoms with Crippen molar-refractivity contribution in [1.82, 2.24) is 4.98 Å².